The van der Waals surface area contributed by atoms with E-state index in [1.54, 1.807) is 26.0 Å². The number of anilines is 2. The van der Waals surface area contributed by atoms with E-state index in [1.165, 1.54) is 22.2 Å². The molecule has 12 nitrogen and oxygen atoms in total. The van der Waals surface area contributed by atoms with Crippen LogP contribution in [0.2, 0.25) is 0 Å². The predicted octanol–water partition coefficient (Wildman–Crippen LogP) is 2.33. The first kappa shape index (κ1) is 28.5. The molecule has 2 aliphatic rings. The number of ether oxygens (including phenoxy) is 3. The average Bonchev–Trinajstić information content (AvgIpc) is 3.32. The van der Waals surface area contributed by atoms with E-state index in [-0.39, 0.29) is 63.2 Å². The number of hydrogen-bond acceptors (Lipinski definition) is 9. The fraction of sp³-hybridized carbons (Fsp3) is 0.423. The third-order valence-corrected chi connectivity index (χ3v) is 6.39. The third kappa shape index (κ3) is 6.55. The number of rotatable bonds is 8. The lowest BCUT2D eigenvalue weighted by molar-refractivity contribution is -0.133. The first-order valence-electron chi connectivity index (χ1n) is 12.7. The van der Waals surface area contributed by atoms with E-state index in [4.69, 9.17) is 9.47 Å². The molecule has 1 N–H and O–H groups in total. The highest BCUT2D eigenvalue weighted by Crippen LogP contribution is 2.31. The second kappa shape index (κ2) is 12.6. The number of nitrogens with one attached hydrogen (secondary N) is 1. The normalized spacial score (nSPS) is 17.8. The molecule has 0 radical (unpaired) electrons. The van der Waals surface area contributed by atoms with Gasteiger partial charge in [0.15, 0.2) is 17.7 Å². The number of piperazine rings is 1. The molecule has 214 valence electrons. The van der Waals surface area contributed by atoms with Crippen LogP contribution in [-0.2, 0) is 19.0 Å². The van der Waals surface area contributed by atoms with Gasteiger partial charge in [0.1, 0.15) is 18.3 Å². The lowest BCUT2D eigenvalue weighted by Gasteiger charge is -2.37. The van der Waals surface area contributed by atoms with Crippen LogP contribution in [0.25, 0.3) is 0 Å². The Morgan fingerprint density at radius 3 is 2.48 bits per heavy atom. The van der Waals surface area contributed by atoms with Crippen LogP contribution in [0.4, 0.5) is 29.7 Å². The molecule has 0 saturated carbocycles. The van der Waals surface area contributed by atoms with Crippen molar-refractivity contribution in [2.75, 3.05) is 55.7 Å². The van der Waals surface area contributed by atoms with Crippen molar-refractivity contribution in [3.63, 3.8) is 0 Å². The summed E-state index contributed by atoms with van der Waals surface area (Å²) >= 11 is 0. The molecule has 0 unspecified atom stereocenters. The van der Waals surface area contributed by atoms with Gasteiger partial charge in [-0.2, -0.15) is 0 Å². The van der Waals surface area contributed by atoms with Crippen LogP contribution in [0.5, 0.6) is 0 Å². The minimum Gasteiger partial charge on any atom is -0.440 e. The Morgan fingerprint density at radius 1 is 1.15 bits per heavy atom. The van der Waals surface area contributed by atoms with Gasteiger partial charge >= 0.3 is 12.2 Å². The van der Waals surface area contributed by atoms with Crippen molar-refractivity contribution >= 4 is 35.4 Å². The van der Waals surface area contributed by atoms with E-state index < -0.39 is 41.9 Å². The summed E-state index contributed by atoms with van der Waals surface area (Å²) in [6.45, 7) is 3.64. The van der Waals surface area contributed by atoms with Crippen molar-refractivity contribution in [3.05, 3.63) is 53.9 Å². The number of carbonyl (C=O) groups excluding carboxylic acids is 4. The zero-order valence-corrected chi connectivity index (χ0v) is 22.0. The fourth-order valence-electron chi connectivity index (χ4n) is 4.41. The van der Waals surface area contributed by atoms with Crippen molar-refractivity contribution in [2.24, 2.45) is 0 Å². The standard InChI is InChI=1S/C26H29F2N5O7/c1-3-38-26(37)39-15-19-14-33(25(36)40-19)18-11-20(27)22(21(28)12-18)31-7-9-32(10-8-31)24(35)16(2)30-23(34)17-5-4-6-29-13-17/h4-6,11-13,16,19H,3,7-10,14-15H2,1-2H3,(H,30,34)/t16-,19+/m0/s1. The molecule has 2 saturated heterocycles. The first-order chi connectivity index (χ1) is 19.2. The van der Waals surface area contributed by atoms with Crippen molar-refractivity contribution in [1.29, 1.82) is 0 Å². The molecular formula is C26H29F2N5O7. The summed E-state index contributed by atoms with van der Waals surface area (Å²) < 4.78 is 44.9. The Kier molecular flexibility index (Phi) is 8.97. The van der Waals surface area contributed by atoms with Gasteiger partial charge in [-0.3, -0.25) is 19.5 Å². The summed E-state index contributed by atoms with van der Waals surface area (Å²) in [5.74, 6) is -2.52. The maximum Gasteiger partial charge on any atom is 0.508 e. The summed E-state index contributed by atoms with van der Waals surface area (Å²) in [7, 11) is 0. The number of hydrogen-bond donors (Lipinski definition) is 1. The minimum atomic E-state index is -0.913. The van der Waals surface area contributed by atoms with Gasteiger partial charge in [0.2, 0.25) is 5.91 Å². The Hall–Kier alpha value is -4.49. The van der Waals surface area contributed by atoms with Gasteiger partial charge in [-0.1, -0.05) is 0 Å². The first-order valence-corrected chi connectivity index (χ1v) is 12.7. The largest absolute Gasteiger partial charge is 0.508 e. The second-order valence-corrected chi connectivity index (χ2v) is 9.12. The molecule has 0 bridgehead atoms. The monoisotopic (exact) mass is 561 g/mol. The molecule has 0 aliphatic carbocycles. The van der Waals surface area contributed by atoms with Gasteiger partial charge in [-0.05, 0) is 26.0 Å². The number of nitrogens with zero attached hydrogens (tertiary/aromatic N) is 4. The summed E-state index contributed by atoms with van der Waals surface area (Å²) in [5, 5.41) is 2.64. The Labute approximate surface area is 228 Å². The zero-order chi connectivity index (χ0) is 28.8. The van der Waals surface area contributed by atoms with Gasteiger partial charge in [-0.15, -0.1) is 0 Å². The van der Waals surface area contributed by atoms with Crippen LogP contribution in [0.15, 0.2) is 36.7 Å². The van der Waals surface area contributed by atoms with Crippen LogP contribution >= 0.6 is 0 Å². The molecule has 3 amide bonds. The smallest absolute Gasteiger partial charge is 0.440 e. The topological polar surface area (TPSA) is 131 Å². The lowest BCUT2D eigenvalue weighted by Crippen LogP contribution is -2.54. The van der Waals surface area contributed by atoms with Gasteiger partial charge in [-0.25, -0.2) is 18.4 Å². The number of benzene rings is 1. The Bertz CT molecular complexity index is 1230. The highest BCUT2D eigenvalue weighted by Gasteiger charge is 2.35. The average molecular weight is 562 g/mol. The minimum absolute atomic E-state index is 0.0469. The summed E-state index contributed by atoms with van der Waals surface area (Å²) in [4.78, 5) is 56.7. The molecule has 4 rings (SSSR count). The maximum atomic E-state index is 15.1. The zero-order valence-electron chi connectivity index (χ0n) is 22.0. The van der Waals surface area contributed by atoms with Crippen LogP contribution in [0.3, 0.4) is 0 Å². The molecule has 3 heterocycles. The van der Waals surface area contributed by atoms with Crippen LogP contribution < -0.4 is 15.1 Å². The summed E-state index contributed by atoms with van der Waals surface area (Å²) in [6.07, 6.45) is 0.354. The molecule has 2 fully saturated rings. The number of pyridine rings is 1. The van der Waals surface area contributed by atoms with Gasteiger partial charge in [0, 0.05) is 50.7 Å². The van der Waals surface area contributed by atoms with E-state index in [2.05, 4.69) is 15.0 Å². The molecular weight excluding hydrogens is 532 g/mol. The number of cyclic esters (lactones) is 1. The third-order valence-electron chi connectivity index (χ3n) is 6.39. The summed E-state index contributed by atoms with van der Waals surface area (Å²) in [5.41, 5.74) is 0.00186. The van der Waals surface area contributed by atoms with E-state index >= 15 is 8.78 Å². The van der Waals surface area contributed by atoms with Gasteiger partial charge < -0.3 is 29.3 Å². The Balaban J connectivity index is 1.33. The predicted molar refractivity (Wildman–Crippen MR) is 137 cm³/mol. The second-order valence-electron chi connectivity index (χ2n) is 9.12. The molecule has 0 spiro atoms. The van der Waals surface area contributed by atoms with Crippen molar-refractivity contribution in [1.82, 2.24) is 15.2 Å². The molecule has 2 aliphatic heterocycles. The van der Waals surface area contributed by atoms with E-state index in [9.17, 15) is 19.2 Å². The van der Waals surface area contributed by atoms with Crippen molar-refractivity contribution in [2.45, 2.75) is 26.0 Å². The number of carbonyl (C=O) groups is 4. The SMILES string of the molecule is CCOC(=O)OC[C@H]1CN(c2cc(F)c(N3CCN(C(=O)[C@H](C)NC(=O)c4cccnc4)CC3)c(F)c2)C(=O)O1. The quantitative estimate of drug-likeness (QED) is 0.483. The fourth-order valence-corrected chi connectivity index (χ4v) is 4.41. The van der Waals surface area contributed by atoms with Crippen LogP contribution in [-0.4, -0.2) is 92.0 Å². The highest BCUT2D eigenvalue weighted by molar-refractivity contribution is 5.97. The van der Waals surface area contributed by atoms with Crippen LogP contribution in [0, 0.1) is 11.6 Å². The van der Waals surface area contributed by atoms with Gasteiger partial charge in [0.05, 0.1) is 24.4 Å². The van der Waals surface area contributed by atoms with Crippen molar-refractivity contribution < 1.29 is 42.2 Å². The number of aromatic nitrogens is 1. The molecule has 2 aromatic rings. The number of amides is 3. The molecule has 14 heteroatoms. The Morgan fingerprint density at radius 2 is 1.85 bits per heavy atom. The van der Waals surface area contributed by atoms with Crippen LogP contribution in [0.1, 0.15) is 24.2 Å². The van der Waals surface area contributed by atoms with E-state index in [0.717, 1.165) is 17.0 Å². The summed E-state index contributed by atoms with van der Waals surface area (Å²) in [6, 6.07) is 4.45. The molecule has 1 aromatic heterocycles. The highest BCUT2D eigenvalue weighted by atomic mass is 19.1. The maximum absolute atomic E-state index is 15.1. The number of halogens is 2. The van der Waals surface area contributed by atoms with E-state index in [0.29, 0.717) is 5.56 Å². The molecule has 2 atom stereocenters. The lowest BCUT2D eigenvalue weighted by atomic mass is 10.1. The van der Waals surface area contributed by atoms with Crippen molar-refractivity contribution in [3.8, 4) is 0 Å². The molecule has 40 heavy (non-hydrogen) atoms. The molecule has 1 aromatic carbocycles. The van der Waals surface area contributed by atoms with Gasteiger partial charge in [0.25, 0.3) is 5.91 Å². The van der Waals surface area contributed by atoms with E-state index in [1.807, 2.05) is 0 Å².